The standard InChI is InChI=1S/C32H34Cl2N4O3S/c1-5-41-29-11-10-23(34)15-28(29)38-27(14-19(2)3)24(31(39)37-13-12-35-20(4)17-37)16-25(32(38)40)30-36-26(18-42-30)21-6-8-22(33)9-7-21/h6-11,15-16,18-20,35H,5,12-14,17H2,1-4H3/t20-/m1/s1. The summed E-state index contributed by atoms with van der Waals surface area (Å²) in [6.07, 6.45) is 0.504. The highest BCUT2D eigenvalue weighted by Gasteiger charge is 2.29. The van der Waals surface area contributed by atoms with E-state index in [4.69, 9.17) is 32.9 Å². The maximum Gasteiger partial charge on any atom is 0.265 e. The Balaban J connectivity index is 1.77. The molecule has 1 amide bonds. The predicted octanol–water partition coefficient (Wildman–Crippen LogP) is 6.97. The van der Waals surface area contributed by atoms with Gasteiger partial charge in [0.2, 0.25) is 0 Å². The number of carbonyl (C=O) groups excluding carboxylic acids is 1. The molecule has 2 aromatic carbocycles. The summed E-state index contributed by atoms with van der Waals surface area (Å²) >= 11 is 13.9. The van der Waals surface area contributed by atoms with E-state index in [-0.39, 0.29) is 23.4 Å². The normalized spacial score (nSPS) is 15.3. The average Bonchev–Trinajstić information content (AvgIpc) is 3.44. The van der Waals surface area contributed by atoms with Gasteiger partial charge in [-0.05, 0) is 62.6 Å². The van der Waals surface area contributed by atoms with Gasteiger partial charge >= 0.3 is 0 Å². The topological polar surface area (TPSA) is 76.5 Å². The van der Waals surface area contributed by atoms with Crippen molar-refractivity contribution in [2.24, 2.45) is 5.92 Å². The minimum atomic E-state index is -0.281. The third kappa shape index (κ3) is 6.42. The van der Waals surface area contributed by atoms with E-state index in [0.29, 0.717) is 76.0 Å². The largest absolute Gasteiger partial charge is 0.492 e. The smallest absolute Gasteiger partial charge is 0.265 e. The van der Waals surface area contributed by atoms with E-state index in [1.807, 2.05) is 41.5 Å². The summed E-state index contributed by atoms with van der Waals surface area (Å²) in [5.41, 5.74) is 3.30. The Bertz CT molecular complexity index is 1650. The summed E-state index contributed by atoms with van der Waals surface area (Å²) in [6, 6.07) is 14.5. The van der Waals surface area contributed by atoms with Gasteiger partial charge < -0.3 is 15.0 Å². The van der Waals surface area contributed by atoms with Crippen LogP contribution in [0.4, 0.5) is 0 Å². The minimum absolute atomic E-state index is 0.108. The second kappa shape index (κ2) is 13.0. The zero-order valence-corrected chi connectivity index (χ0v) is 26.4. The van der Waals surface area contributed by atoms with Crippen LogP contribution < -0.4 is 15.6 Å². The first-order valence-corrected chi connectivity index (χ1v) is 15.8. The van der Waals surface area contributed by atoms with Crippen LogP contribution in [0.3, 0.4) is 0 Å². The Kier molecular flexibility index (Phi) is 9.38. The molecule has 42 heavy (non-hydrogen) atoms. The molecule has 0 spiro atoms. The Morgan fingerprint density at radius 2 is 1.88 bits per heavy atom. The van der Waals surface area contributed by atoms with Crippen LogP contribution in [0.5, 0.6) is 5.75 Å². The lowest BCUT2D eigenvalue weighted by molar-refractivity contribution is 0.0707. The summed E-state index contributed by atoms with van der Waals surface area (Å²) in [5, 5.41) is 6.93. The summed E-state index contributed by atoms with van der Waals surface area (Å²) < 4.78 is 7.58. The van der Waals surface area contributed by atoms with Crippen molar-refractivity contribution >= 4 is 40.4 Å². The van der Waals surface area contributed by atoms with Crippen molar-refractivity contribution in [2.45, 2.75) is 40.2 Å². The fraction of sp³-hybridized carbons (Fsp3) is 0.344. The molecule has 0 radical (unpaired) electrons. The molecular formula is C32H34Cl2N4O3S. The number of aromatic nitrogens is 2. The van der Waals surface area contributed by atoms with E-state index in [9.17, 15) is 9.59 Å². The zero-order valence-electron chi connectivity index (χ0n) is 24.1. The molecule has 0 saturated carbocycles. The highest BCUT2D eigenvalue weighted by Crippen LogP contribution is 2.33. The van der Waals surface area contributed by atoms with Crippen LogP contribution in [-0.4, -0.2) is 52.6 Å². The molecule has 10 heteroatoms. The number of benzene rings is 2. The monoisotopic (exact) mass is 624 g/mol. The van der Waals surface area contributed by atoms with Crippen LogP contribution in [0.2, 0.25) is 10.0 Å². The first-order chi connectivity index (χ1) is 20.2. The van der Waals surface area contributed by atoms with Crippen molar-refractivity contribution in [3.05, 3.63) is 85.6 Å². The number of nitrogens with zero attached hydrogens (tertiary/aromatic N) is 3. The van der Waals surface area contributed by atoms with Gasteiger partial charge in [-0.25, -0.2) is 4.98 Å². The summed E-state index contributed by atoms with van der Waals surface area (Å²) in [6.45, 7) is 10.4. The number of rotatable bonds is 8. The van der Waals surface area contributed by atoms with Crippen molar-refractivity contribution in [1.82, 2.24) is 19.8 Å². The molecule has 4 aromatic rings. The summed E-state index contributed by atoms with van der Waals surface area (Å²) in [4.78, 5) is 35.5. The van der Waals surface area contributed by atoms with E-state index >= 15 is 0 Å². The molecule has 0 bridgehead atoms. The number of amides is 1. The predicted molar refractivity (Wildman–Crippen MR) is 172 cm³/mol. The van der Waals surface area contributed by atoms with Crippen molar-refractivity contribution in [1.29, 1.82) is 0 Å². The van der Waals surface area contributed by atoms with E-state index in [1.54, 1.807) is 28.8 Å². The summed E-state index contributed by atoms with van der Waals surface area (Å²) in [7, 11) is 0. The Morgan fingerprint density at radius 3 is 2.57 bits per heavy atom. The SMILES string of the molecule is CCOc1ccc(Cl)cc1-n1c(CC(C)C)c(C(=O)N2CCN[C@H](C)C2)cc(-c2nc(-c3ccc(Cl)cc3)cs2)c1=O. The van der Waals surface area contributed by atoms with Crippen LogP contribution in [0, 0.1) is 5.92 Å². The first kappa shape index (κ1) is 30.3. The molecule has 1 atom stereocenters. The van der Waals surface area contributed by atoms with Crippen LogP contribution in [0.15, 0.2) is 58.7 Å². The number of thiazole rings is 1. The second-order valence-corrected chi connectivity index (χ2v) is 12.6. The molecule has 1 aliphatic heterocycles. The van der Waals surface area contributed by atoms with E-state index in [0.717, 1.165) is 11.3 Å². The maximum absolute atomic E-state index is 14.5. The van der Waals surface area contributed by atoms with Gasteiger partial charge in [0, 0.05) is 52.4 Å². The van der Waals surface area contributed by atoms with Gasteiger partial charge in [0.15, 0.2) is 0 Å². The number of piperazine rings is 1. The van der Waals surface area contributed by atoms with Crippen LogP contribution in [0.1, 0.15) is 43.7 Å². The highest BCUT2D eigenvalue weighted by molar-refractivity contribution is 7.13. The third-order valence-electron chi connectivity index (χ3n) is 7.13. The molecule has 0 unspecified atom stereocenters. The summed E-state index contributed by atoms with van der Waals surface area (Å²) in [5.74, 6) is 0.575. The minimum Gasteiger partial charge on any atom is -0.492 e. The van der Waals surface area contributed by atoms with Gasteiger partial charge in [-0.1, -0.05) is 49.2 Å². The Labute approximate surface area is 260 Å². The van der Waals surface area contributed by atoms with Gasteiger partial charge in [0.25, 0.3) is 11.5 Å². The molecule has 1 aliphatic rings. The molecule has 7 nitrogen and oxygen atoms in total. The Hall–Kier alpha value is -3.17. The fourth-order valence-electron chi connectivity index (χ4n) is 5.21. The lowest BCUT2D eigenvalue weighted by Gasteiger charge is -2.33. The lowest BCUT2D eigenvalue weighted by atomic mass is 9.99. The van der Waals surface area contributed by atoms with Gasteiger partial charge in [0.05, 0.1) is 29.1 Å². The van der Waals surface area contributed by atoms with Crippen LogP contribution >= 0.6 is 34.5 Å². The molecule has 3 heterocycles. The van der Waals surface area contributed by atoms with Crippen LogP contribution in [0.25, 0.3) is 27.5 Å². The van der Waals surface area contributed by atoms with Crippen LogP contribution in [-0.2, 0) is 6.42 Å². The second-order valence-electron chi connectivity index (χ2n) is 10.9. The van der Waals surface area contributed by atoms with E-state index < -0.39 is 0 Å². The quantitative estimate of drug-likeness (QED) is 0.229. The number of nitrogens with one attached hydrogen (secondary N) is 1. The van der Waals surface area contributed by atoms with E-state index in [2.05, 4.69) is 26.1 Å². The zero-order chi connectivity index (χ0) is 30.0. The maximum atomic E-state index is 14.5. The van der Waals surface area contributed by atoms with Gasteiger partial charge in [-0.15, -0.1) is 11.3 Å². The van der Waals surface area contributed by atoms with Crippen molar-refractivity contribution < 1.29 is 9.53 Å². The fourth-order valence-corrected chi connectivity index (χ4v) is 6.34. The third-order valence-corrected chi connectivity index (χ3v) is 8.49. The number of ether oxygens (including phenoxy) is 1. The number of halogens is 2. The molecule has 1 N–H and O–H groups in total. The highest BCUT2D eigenvalue weighted by atomic mass is 35.5. The molecule has 1 fully saturated rings. The van der Waals surface area contributed by atoms with Crippen molar-refractivity contribution in [3.63, 3.8) is 0 Å². The number of carbonyl (C=O) groups is 1. The molecule has 0 aliphatic carbocycles. The van der Waals surface area contributed by atoms with E-state index in [1.165, 1.54) is 11.3 Å². The van der Waals surface area contributed by atoms with Crippen molar-refractivity contribution in [3.8, 4) is 33.3 Å². The number of hydrogen-bond donors (Lipinski definition) is 1. The molecule has 2 aromatic heterocycles. The van der Waals surface area contributed by atoms with Gasteiger partial charge in [-0.3, -0.25) is 14.2 Å². The number of pyridine rings is 1. The van der Waals surface area contributed by atoms with Gasteiger partial charge in [-0.2, -0.15) is 0 Å². The van der Waals surface area contributed by atoms with Crippen molar-refractivity contribution in [2.75, 3.05) is 26.2 Å². The van der Waals surface area contributed by atoms with Gasteiger partial charge in [0.1, 0.15) is 10.8 Å². The lowest BCUT2D eigenvalue weighted by Crippen LogP contribution is -2.51. The number of hydrogen-bond acceptors (Lipinski definition) is 6. The average molecular weight is 626 g/mol. The molecule has 220 valence electrons. The molecular weight excluding hydrogens is 591 g/mol. The first-order valence-electron chi connectivity index (χ1n) is 14.1. The molecule has 1 saturated heterocycles. The Morgan fingerprint density at radius 1 is 1.14 bits per heavy atom. The molecule has 5 rings (SSSR count).